The van der Waals surface area contributed by atoms with Gasteiger partial charge in [-0.15, -0.1) is 0 Å². The summed E-state index contributed by atoms with van der Waals surface area (Å²) in [7, 11) is 0. The Bertz CT molecular complexity index is 332. The number of amides is 2. The number of rotatable bonds is 6. The average Bonchev–Trinajstić information content (AvgIpc) is 2.92. The van der Waals surface area contributed by atoms with E-state index in [1.54, 1.807) is 4.90 Å². The Morgan fingerprint density at radius 1 is 1.05 bits per heavy atom. The average molecular weight is 281 g/mol. The number of carbonyl (C=O) groups is 2. The SMILES string of the molecule is NC(=O)CC(=O)N1CCC(CCCN2CCCC2)CC1. The summed E-state index contributed by atoms with van der Waals surface area (Å²) in [6, 6.07) is 0. The molecule has 2 rings (SSSR count). The van der Waals surface area contributed by atoms with Crippen LogP contribution < -0.4 is 5.73 Å². The lowest BCUT2D eigenvalue weighted by molar-refractivity contribution is -0.136. The summed E-state index contributed by atoms with van der Waals surface area (Å²) in [5, 5.41) is 0. The van der Waals surface area contributed by atoms with E-state index in [-0.39, 0.29) is 12.3 Å². The monoisotopic (exact) mass is 281 g/mol. The van der Waals surface area contributed by atoms with Gasteiger partial charge in [0.15, 0.2) is 0 Å². The lowest BCUT2D eigenvalue weighted by Crippen LogP contribution is -2.40. The van der Waals surface area contributed by atoms with E-state index in [1.807, 2.05) is 0 Å². The molecule has 114 valence electrons. The molecular weight excluding hydrogens is 254 g/mol. The molecule has 20 heavy (non-hydrogen) atoms. The van der Waals surface area contributed by atoms with Crippen LogP contribution in [-0.4, -0.2) is 54.3 Å². The number of primary amides is 1. The van der Waals surface area contributed by atoms with Gasteiger partial charge in [0, 0.05) is 13.1 Å². The molecule has 2 saturated heterocycles. The van der Waals surface area contributed by atoms with E-state index in [0.29, 0.717) is 0 Å². The molecule has 2 heterocycles. The molecule has 2 fully saturated rings. The van der Waals surface area contributed by atoms with E-state index in [4.69, 9.17) is 5.73 Å². The third-order valence-electron chi connectivity index (χ3n) is 4.58. The molecule has 0 aliphatic carbocycles. The van der Waals surface area contributed by atoms with Crippen molar-refractivity contribution in [2.75, 3.05) is 32.7 Å². The normalized spacial score (nSPS) is 21.3. The predicted octanol–water partition coefficient (Wildman–Crippen LogP) is 0.976. The number of piperidine rings is 1. The quantitative estimate of drug-likeness (QED) is 0.738. The van der Waals surface area contributed by atoms with Crippen molar-refractivity contribution in [1.29, 1.82) is 0 Å². The van der Waals surface area contributed by atoms with Gasteiger partial charge in [-0.3, -0.25) is 9.59 Å². The Labute approximate surface area is 121 Å². The minimum absolute atomic E-state index is 0.104. The van der Waals surface area contributed by atoms with Crippen molar-refractivity contribution in [3.8, 4) is 0 Å². The van der Waals surface area contributed by atoms with Crippen LogP contribution in [0.5, 0.6) is 0 Å². The topological polar surface area (TPSA) is 66.6 Å². The molecule has 2 aliphatic rings. The maximum absolute atomic E-state index is 11.7. The van der Waals surface area contributed by atoms with E-state index in [0.717, 1.165) is 31.8 Å². The summed E-state index contributed by atoms with van der Waals surface area (Å²) >= 11 is 0. The van der Waals surface area contributed by atoms with E-state index in [2.05, 4.69) is 4.90 Å². The van der Waals surface area contributed by atoms with E-state index >= 15 is 0 Å². The van der Waals surface area contributed by atoms with Crippen LogP contribution in [0.3, 0.4) is 0 Å². The molecule has 0 spiro atoms. The van der Waals surface area contributed by atoms with Crippen LogP contribution in [-0.2, 0) is 9.59 Å². The highest BCUT2D eigenvalue weighted by Gasteiger charge is 2.23. The van der Waals surface area contributed by atoms with Gasteiger partial charge in [0.1, 0.15) is 6.42 Å². The van der Waals surface area contributed by atoms with Crippen molar-refractivity contribution < 1.29 is 9.59 Å². The molecule has 0 atom stereocenters. The van der Waals surface area contributed by atoms with Gasteiger partial charge < -0.3 is 15.5 Å². The fourth-order valence-electron chi connectivity index (χ4n) is 3.34. The molecular formula is C15H27N3O2. The van der Waals surface area contributed by atoms with Crippen LogP contribution >= 0.6 is 0 Å². The summed E-state index contributed by atoms with van der Waals surface area (Å²) < 4.78 is 0. The van der Waals surface area contributed by atoms with Crippen LogP contribution in [0, 0.1) is 5.92 Å². The number of likely N-dealkylation sites (tertiary alicyclic amines) is 2. The molecule has 2 amide bonds. The highest BCUT2D eigenvalue weighted by atomic mass is 16.2. The molecule has 0 bridgehead atoms. The summed E-state index contributed by atoms with van der Waals surface area (Å²) in [5.41, 5.74) is 5.06. The zero-order valence-electron chi connectivity index (χ0n) is 12.4. The van der Waals surface area contributed by atoms with Gasteiger partial charge in [-0.05, 0) is 64.1 Å². The maximum Gasteiger partial charge on any atom is 0.231 e. The fraction of sp³-hybridized carbons (Fsp3) is 0.867. The second-order valence-corrected chi connectivity index (χ2v) is 6.16. The number of hydrogen-bond donors (Lipinski definition) is 1. The second-order valence-electron chi connectivity index (χ2n) is 6.16. The number of carbonyl (C=O) groups excluding carboxylic acids is 2. The predicted molar refractivity (Wildman–Crippen MR) is 78.0 cm³/mol. The number of hydrogen-bond acceptors (Lipinski definition) is 3. The number of nitrogens with zero attached hydrogens (tertiary/aromatic N) is 2. The Morgan fingerprint density at radius 3 is 2.30 bits per heavy atom. The van der Waals surface area contributed by atoms with E-state index in [1.165, 1.54) is 45.3 Å². The van der Waals surface area contributed by atoms with Crippen molar-refractivity contribution in [1.82, 2.24) is 9.80 Å². The lowest BCUT2D eigenvalue weighted by atomic mass is 9.92. The Kier molecular flexibility index (Phi) is 5.83. The molecule has 0 aromatic rings. The highest BCUT2D eigenvalue weighted by molar-refractivity contribution is 5.96. The molecule has 2 aliphatic heterocycles. The first-order valence-corrected chi connectivity index (χ1v) is 7.93. The summed E-state index contributed by atoms with van der Waals surface area (Å²) in [4.78, 5) is 26.8. The minimum atomic E-state index is -0.525. The van der Waals surface area contributed by atoms with Crippen molar-refractivity contribution in [2.24, 2.45) is 11.7 Å². The first kappa shape index (κ1) is 15.3. The molecule has 0 aromatic heterocycles. The van der Waals surface area contributed by atoms with Crippen molar-refractivity contribution in [3.63, 3.8) is 0 Å². The largest absolute Gasteiger partial charge is 0.369 e. The Morgan fingerprint density at radius 2 is 1.70 bits per heavy atom. The minimum Gasteiger partial charge on any atom is -0.369 e. The van der Waals surface area contributed by atoms with Crippen LogP contribution in [0.25, 0.3) is 0 Å². The van der Waals surface area contributed by atoms with Crippen molar-refractivity contribution in [3.05, 3.63) is 0 Å². The maximum atomic E-state index is 11.7. The molecule has 5 heteroatoms. The van der Waals surface area contributed by atoms with Gasteiger partial charge in [-0.2, -0.15) is 0 Å². The van der Waals surface area contributed by atoms with Crippen LogP contribution in [0.1, 0.15) is 44.9 Å². The second kappa shape index (κ2) is 7.62. The lowest BCUT2D eigenvalue weighted by Gasteiger charge is -2.32. The van der Waals surface area contributed by atoms with Crippen LogP contribution in [0.2, 0.25) is 0 Å². The Hall–Kier alpha value is -1.10. The van der Waals surface area contributed by atoms with Gasteiger partial charge in [-0.25, -0.2) is 0 Å². The third kappa shape index (κ3) is 4.78. The van der Waals surface area contributed by atoms with Crippen LogP contribution in [0.4, 0.5) is 0 Å². The molecule has 5 nitrogen and oxygen atoms in total. The van der Waals surface area contributed by atoms with Crippen LogP contribution in [0.15, 0.2) is 0 Å². The van der Waals surface area contributed by atoms with Crippen molar-refractivity contribution in [2.45, 2.75) is 44.9 Å². The highest BCUT2D eigenvalue weighted by Crippen LogP contribution is 2.22. The van der Waals surface area contributed by atoms with Gasteiger partial charge in [-0.1, -0.05) is 0 Å². The molecule has 0 unspecified atom stereocenters. The van der Waals surface area contributed by atoms with Gasteiger partial charge in [0.2, 0.25) is 11.8 Å². The first-order chi connectivity index (χ1) is 9.65. The van der Waals surface area contributed by atoms with E-state index < -0.39 is 5.91 Å². The smallest absolute Gasteiger partial charge is 0.231 e. The third-order valence-corrected chi connectivity index (χ3v) is 4.58. The van der Waals surface area contributed by atoms with Gasteiger partial charge in [0.25, 0.3) is 0 Å². The van der Waals surface area contributed by atoms with Gasteiger partial charge in [0.05, 0.1) is 0 Å². The molecule has 2 N–H and O–H groups in total. The summed E-state index contributed by atoms with van der Waals surface area (Å²) in [6.07, 6.45) is 7.28. The summed E-state index contributed by atoms with van der Waals surface area (Å²) in [5.74, 6) is 0.117. The molecule has 0 radical (unpaired) electrons. The zero-order valence-corrected chi connectivity index (χ0v) is 12.4. The zero-order chi connectivity index (χ0) is 14.4. The first-order valence-electron chi connectivity index (χ1n) is 7.93. The van der Waals surface area contributed by atoms with Gasteiger partial charge >= 0.3 is 0 Å². The molecule has 0 saturated carbocycles. The van der Waals surface area contributed by atoms with Crippen molar-refractivity contribution >= 4 is 11.8 Å². The standard InChI is InChI=1S/C15H27N3O2/c16-14(19)12-15(20)18-10-5-13(6-11-18)4-3-9-17-7-1-2-8-17/h13H,1-12H2,(H2,16,19). The number of nitrogens with two attached hydrogens (primary N) is 1. The molecule has 0 aromatic carbocycles. The van der Waals surface area contributed by atoms with E-state index in [9.17, 15) is 9.59 Å². The fourth-order valence-corrected chi connectivity index (χ4v) is 3.34. The summed E-state index contributed by atoms with van der Waals surface area (Å²) in [6.45, 7) is 5.38. The Balaban J connectivity index is 1.59.